The van der Waals surface area contributed by atoms with E-state index >= 15 is 0 Å². The molecular formula is C21H38. The summed E-state index contributed by atoms with van der Waals surface area (Å²) in [5, 5.41) is 0. The highest BCUT2D eigenvalue weighted by Crippen LogP contribution is 3.18. The van der Waals surface area contributed by atoms with Crippen LogP contribution in [0.4, 0.5) is 0 Å². The molecule has 0 nitrogen and oxygen atoms in total. The Hall–Kier alpha value is 0. The van der Waals surface area contributed by atoms with E-state index in [-0.39, 0.29) is 0 Å². The normalized spacial score (nSPS) is 48.3. The maximum absolute atomic E-state index is 2.72. The summed E-state index contributed by atoms with van der Waals surface area (Å²) in [6.45, 7) is 14.9. The number of hydrogen-bond acceptors (Lipinski definition) is 0. The topological polar surface area (TPSA) is 0 Å². The molecule has 0 heteroatoms. The Morgan fingerprint density at radius 2 is 1.67 bits per heavy atom. The Morgan fingerprint density at radius 3 is 2.19 bits per heavy atom. The SMILES string of the molecule is CCCCC(C)C(CCC)C1(C)C2(CCC)C3C(CC)C312. The molecule has 3 fully saturated rings. The molecule has 3 aliphatic rings. The Labute approximate surface area is 133 Å². The molecule has 0 aromatic carbocycles. The summed E-state index contributed by atoms with van der Waals surface area (Å²) in [4.78, 5) is 0. The quantitative estimate of drug-likeness (QED) is 0.420. The van der Waals surface area contributed by atoms with Crippen LogP contribution in [-0.2, 0) is 0 Å². The fraction of sp³-hybridized carbons (Fsp3) is 1.00. The van der Waals surface area contributed by atoms with Gasteiger partial charge in [-0.3, -0.25) is 0 Å². The number of unbranched alkanes of at least 4 members (excludes halogenated alkanes) is 1. The van der Waals surface area contributed by atoms with E-state index in [1.54, 1.807) is 0 Å². The van der Waals surface area contributed by atoms with Crippen LogP contribution in [0.2, 0.25) is 0 Å². The zero-order valence-electron chi connectivity index (χ0n) is 15.5. The van der Waals surface area contributed by atoms with Gasteiger partial charge >= 0.3 is 0 Å². The van der Waals surface area contributed by atoms with Gasteiger partial charge in [0.1, 0.15) is 0 Å². The largest absolute Gasteiger partial charge is 0.0654 e. The smallest absolute Gasteiger partial charge is 0.0102 e. The summed E-state index contributed by atoms with van der Waals surface area (Å²) in [7, 11) is 0. The van der Waals surface area contributed by atoms with Crippen LogP contribution >= 0.6 is 0 Å². The van der Waals surface area contributed by atoms with Crippen molar-refractivity contribution in [2.75, 3.05) is 0 Å². The van der Waals surface area contributed by atoms with Crippen LogP contribution < -0.4 is 0 Å². The fourth-order valence-electron chi connectivity index (χ4n) is 7.89. The lowest BCUT2D eigenvalue weighted by molar-refractivity contribution is 0.117. The Balaban J connectivity index is 1.77. The predicted octanol–water partition coefficient (Wildman–Crippen LogP) is 6.69. The van der Waals surface area contributed by atoms with E-state index in [4.69, 9.17) is 0 Å². The second-order valence-corrected chi connectivity index (χ2v) is 8.80. The van der Waals surface area contributed by atoms with E-state index in [0.717, 1.165) is 39.9 Å². The van der Waals surface area contributed by atoms with E-state index in [0.29, 0.717) is 0 Å². The molecule has 7 atom stereocenters. The summed E-state index contributed by atoms with van der Waals surface area (Å²) >= 11 is 0. The monoisotopic (exact) mass is 290 g/mol. The second-order valence-electron chi connectivity index (χ2n) is 8.80. The van der Waals surface area contributed by atoms with Crippen molar-refractivity contribution in [3.63, 3.8) is 0 Å². The molecule has 0 aromatic rings. The molecule has 1 spiro atoms. The fourth-order valence-corrected chi connectivity index (χ4v) is 7.89. The van der Waals surface area contributed by atoms with Crippen molar-refractivity contribution in [3.05, 3.63) is 0 Å². The van der Waals surface area contributed by atoms with Gasteiger partial charge in [0.05, 0.1) is 0 Å². The summed E-state index contributed by atoms with van der Waals surface area (Å²) in [5.41, 5.74) is 2.41. The molecule has 0 aliphatic heterocycles. The molecule has 3 aliphatic carbocycles. The van der Waals surface area contributed by atoms with Crippen molar-refractivity contribution in [2.24, 2.45) is 39.9 Å². The first-order valence-corrected chi connectivity index (χ1v) is 10.1. The standard InChI is InChI=1S/C21H38/c1-7-11-13-15(5)17(12-8-2)19(6)20(14-9-3)18-16(10-4)21(18,19)20/h15-18H,7-14H2,1-6H3. The van der Waals surface area contributed by atoms with E-state index in [9.17, 15) is 0 Å². The van der Waals surface area contributed by atoms with E-state index < -0.39 is 0 Å². The molecule has 122 valence electrons. The third-order valence-corrected chi connectivity index (χ3v) is 8.40. The van der Waals surface area contributed by atoms with E-state index in [1.807, 2.05) is 0 Å². The maximum Gasteiger partial charge on any atom is -0.0102 e. The maximum atomic E-state index is 2.72. The van der Waals surface area contributed by atoms with Crippen molar-refractivity contribution < 1.29 is 0 Å². The van der Waals surface area contributed by atoms with Crippen molar-refractivity contribution >= 4 is 0 Å². The van der Waals surface area contributed by atoms with Crippen LogP contribution in [0.25, 0.3) is 0 Å². The van der Waals surface area contributed by atoms with Gasteiger partial charge in [-0.1, -0.05) is 80.1 Å². The van der Waals surface area contributed by atoms with Gasteiger partial charge in [0.15, 0.2) is 0 Å². The van der Waals surface area contributed by atoms with Gasteiger partial charge in [-0.25, -0.2) is 0 Å². The summed E-state index contributed by atoms with van der Waals surface area (Å²) in [6.07, 6.45) is 11.5. The molecule has 3 saturated carbocycles. The number of hydrogen-bond donors (Lipinski definition) is 0. The van der Waals surface area contributed by atoms with Crippen LogP contribution in [0.15, 0.2) is 0 Å². The molecule has 0 saturated heterocycles. The molecule has 0 amide bonds. The predicted molar refractivity (Wildman–Crippen MR) is 92.2 cm³/mol. The Kier molecular flexibility index (Phi) is 3.78. The van der Waals surface area contributed by atoms with Crippen LogP contribution in [0.3, 0.4) is 0 Å². The second kappa shape index (κ2) is 5.00. The van der Waals surface area contributed by atoms with Gasteiger partial charge in [0.25, 0.3) is 0 Å². The third-order valence-electron chi connectivity index (χ3n) is 8.40. The molecular weight excluding hydrogens is 252 g/mol. The minimum Gasteiger partial charge on any atom is -0.0654 e. The first-order chi connectivity index (χ1) is 10.1. The highest BCUT2D eigenvalue weighted by Gasteiger charge is 3.15. The lowest BCUT2D eigenvalue weighted by Crippen LogP contribution is -2.30. The average molecular weight is 291 g/mol. The van der Waals surface area contributed by atoms with Crippen LogP contribution in [-0.4, -0.2) is 0 Å². The highest BCUT2D eigenvalue weighted by atomic mass is 15.2. The molecule has 7 unspecified atom stereocenters. The summed E-state index contributed by atoms with van der Waals surface area (Å²) in [5.74, 6) is 4.24. The minimum atomic E-state index is 0.727. The van der Waals surface area contributed by atoms with Crippen LogP contribution in [0.1, 0.15) is 92.9 Å². The summed E-state index contributed by atoms with van der Waals surface area (Å²) in [6, 6.07) is 0. The Bertz CT molecular complexity index is 387. The Morgan fingerprint density at radius 1 is 0.952 bits per heavy atom. The summed E-state index contributed by atoms with van der Waals surface area (Å²) < 4.78 is 0. The van der Waals surface area contributed by atoms with E-state index in [2.05, 4.69) is 41.5 Å². The van der Waals surface area contributed by atoms with Crippen LogP contribution in [0.5, 0.6) is 0 Å². The molecule has 0 radical (unpaired) electrons. The minimum absolute atomic E-state index is 0.727. The molecule has 3 rings (SSSR count). The highest BCUT2D eigenvalue weighted by molar-refractivity contribution is 5.61. The zero-order valence-corrected chi connectivity index (χ0v) is 15.5. The molecule has 21 heavy (non-hydrogen) atoms. The van der Waals surface area contributed by atoms with Crippen molar-refractivity contribution in [1.29, 1.82) is 0 Å². The van der Waals surface area contributed by atoms with Gasteiger partial charge in [0.2, 0.25) is 0 Å². The van der Waals surface area contributed by atoms with Crippen molar-refractivity contribution in [1.82, 2.24) is 0 Å². The lowest BCUT2D eigenvalue weighted by Gasteiger charge is -2.37. The van der Waals surface area contributed by atoms with E-state index in [1.165, 1.54) is 51.4 Å². The van der Waals surface area contributed by atoms with Gasteiger partial charge < -0.3 is 0 Å². The van der Waals surface area contributed by atoms with Gasteiger partial charge in [0, 0.05) is 0 Å². The first-order valence-electron chi connectivity index (χ1n) is 10.1. The van der Waals surface area contributed by atoms with Crippen LogP contribution in [0, 0.1) is 39.9 Å². The average Bonchev–Trinajstić information content (AvgIpc) is 3.38. The van der Waals surface area contributed by atoms with Crippen molar-refractivity contribution in [3.8, 4) is 0 Å². The van der Waals surface area contributed by atoms with Gasteiger partial charge in [-0.2, -0.15) is 0 Å². The molecule has 0 heterocycles. The zero-order chi connectivity index (χ0) is 15.5. The number of rotatable bonds is 10. The third kappa shape index (κ3) is 1.49. The molecule has 0 aromatic heterocycles. The van der Waals surface area contributed by atoms with Crippen molar-refractivity contribution in [2.45, 2.75) is 92.9 Å². The number of fused-ring (bicyclic) bond motifs is 1. The van der Waals surface area contributed by atoms with Gasteiger partial charge in [-0.05, 0) is 52.8 Å². The van der Waals surface area contributed by atoms with Gasteiger partial charge in [-0.15, -0.1) is 0 Å². The lowest BCUT2D eigenvalue weighted by atomic mass is 9.68. The molecule has 0 N–H and O–H groups in total. The molecule has 0 bridgehead atoms. The first kappa shape index (κ1) is 15.9.